The molecule has 13 heteroatoms. The zero-order valence-electron chi connectivity index (χ0n) is 24.7. The molecule has 2 heterocycles. The average Bonchev–Trinajstić information content (AvgIpc) is 3.32. The molecule has 1 saturated heterocycles. The Kier molecular flexibility index (Phi) is 11.3. The molecular weight excluding hydrogens is 600 g/mol. The number of piperidine rings is 1. The molecule has 0 spiro atoms. The van der Waals surface area contributed by atoms with Gasteiger partial charge in [-0.15, -0.1) is 11.3 Å². The summed E-state index contributed by atoms with van der Waals surface area (Å²) in [5.74, 6) is 5.77. The van der Waals surface area contributed by atoms with E-state index in [2.05, 4.69) is 27.8 Å². The van der Waals surface area contributed by atoms with E-state index in [1.807, 2.05) is 11.9 Å². The van der Waals surface area contributed by atoms with E-state index >= 15 is 0 Å². The molecule has 44 heavy (non-hydrogen) atoms. The molecule has 0 saturated carbocycles. The first kappa shape index (κ1) is 33.3. The van der Waals surface area contributed by atoms with Crippen LogP contribution in [0.2, 0.25) is 0 Å². The first-order valence-electron chi connectivity index (χ1n) is 14.0. The van der Waals surface area contributed by atoms with Crippen molar-refractivity contribution in [2.45, 2.75) is 37.3 Å². The number of halogens is 4. The van der Waals surface area contributed by atoms with Crippen LogP contribution in [0.1, 0.15) is 27.2 Å². The summed E-state index contributed by atoms with van der Waals surface area (Å²) < 4.78 is 66.4. The van der Waals surface area contributed by atoms with E-state index in [1.54, 1.807) is 30.3 Å². The molecule has 2 aromatic carbocycles. The third-order valence-electron chi connectivity index (χ3n) is 7.17. The summed E-state index contributed by atoms with van der Waals surface area (Å²) in [7, 11) is 4.75. The number of aliphatic hydroxyl groups is 1. The van der Waals surface area contributed by atoms with E-state index in [-0.39, 0.29) is 25.3 Å². The summed E-state index contributed by atoms with van der Waals surface area (Å²) >= 11 is 1.16. The summed E-state index contributed by atoms with van der Waals surface area (Å²) in [6.07, 6.45) is -6.92. The van der Waals surface area contributed by atoms with Gasteiger partial charge < -0.3 is 35.4 Å². The van der Waals surface area contributed by atoms with Gasteiger partial charge >= 0.3 is 6.18 Å². The maximum atomic E-state index is 14.7. The zero-order valence-corrected chi connectivity index (χ0v) is 25.5. The number of ether oxygens (including phenoxy) is 2. The molecule has 1 amide bonds. The van der Waals surface area contributed by atoms with Gasteiger partial charge in [-0.3, -0.25) is 4.79 Å². The largest absolute Gasteiger partial charge is 0.495 e. The third-order valence-corrected chi connectivity index (χ3v) is 8.37. The van der Waals surface area contributed by atoms with Crippen molar-refractivity contribution in [3.8, 4) is 17.6 Å². The van der Waals surface area contributed by atoms with Crippen molar-refractivity contribution in [1.82, 2.24) is 10.2 Å². The van der Waals surface area contributed by atoms with Gasteiger partial charge in [-0.1, -0.05) is 24.0 Å². The Morgan fingerprint density at radius 3 is 2.73 bits per heavy atom. The lowest BCUT2D eigenvalue weighted by Gasteiger charge is -2.33. The Hall–Kier alpha value is -3.57. The number of anilines is 2. The van der Waals surface area contributed by atoms with Gasteiger partial charge in [-0.25, -0.2) is 4.39 Å². The van der Waals surface area contributed by atoms with E-state index in [4.69, 9.17) is 9.47 Å². The molecule has 238 valence electrons. The number of carbonyl (C=O) groups is 1. The summed E-state index contributed by atoms with van der Waals surface area (Å²) in [5.41, 5.74) is 1.54. The molecule has 0 radical (unpaired) electrons. The van der Waals surface area contributed by atoms with Crippen molar-refractivity contribution in [2.75, 3.05) is 64.7 Å². The van der Waals surface area contributed by atoms with Crippen molar-refractivity contribution in [3.05, 3.63) is 52.4 Å². The topological polar surface area (TPSA) is 95.1 Å². The highest BCUT2D eigenvalue weighted by Gasteiger charge is 2.32. The third kappa shape index (κ3) is 8.75. The Morgan fingerprint density at radius 2 is 2.02 bits per heavy atom. The predicted molar refractivity (Wildman–Crippen MR) is 165 cm³/mol. The van der Waals surface area contributed by atoms with Crippen molar-refractivity contribution in [1.29, 1.82) is 0 Å². The van der Waals surface area contributed by atoms with Crippen LogP contribution in [0.4, 0.5) is 28.9 Å². The highest BCUT2D eigenvalue weighted by atomic mass is 32.1. The van der Waals surface area contributed by atoms with Crippen molar-refractivity contribution < 1.29 is 36.9 Å². The number of carbonyl (C=O) groups excluding carboxylic acids is 1. The smallest absolute Gasteiger partial charge is 0.393 e. The normalized spacial score (nSPS) is 17.9. The van der Waals surface area contributed by atoms with Crippen LogP contribution in [-0.4, -0.2) is 94.5 Å². The second-order valence-electron chi connectivity index (χ2n) is 10.6. The number of methoxy groups -OCH3 is 2. The van der Waals surface area contributed by atoms with Gasteiger partial charge in [0.05, 0.1) is 59.8 Å². The zero-order chi connectivity index (χ0) is 31.9. The van der Waals surface area contributed by atoms with Crippen LogP contribution in [-0.2, 0) is 11.2 Å². The minimum absolute atomic E-state index is 0.0186. The molecule has 4 N–H and O–H groups in total. The fraction of sp³-hybridized carbons (Fsp3) is 0.452. The van der Waals surface area contributed by atoms with Gasteiger partial charge in [-0.05, 0) is 48.7 Å². The van der Waals surface area contributed by atoms with Crippen molar-refractivity contribution in [2.24, 2.45) is 0 Å². The number of nitrogens with one attached hydrogen (secondary N) is 3. The molecule has 3 unspecified atom stereocenters. The van der Waals surface area contributed by atoms with Gasteiger partial charge in [0.25, 0.3) is 5.91 Å². The Morgan fingerprint density at radius 1 is 1.23 bits per heavy atom. The first-order valence-corrected chi connectivity index (χ1v) is 14.9. The number of alkyl halides is 4. The number of hydrogen-bond donors (Lipinski definition) is 4. The molecular formula is C31H36F4N4O4S. The van der Waals surface area contributed by atoms with Crippen LogP contribution in [0.25, 0.3) is 10.1 Å². The molecule has 1 aromatic heterocycles. The minimum Gasteiger partial charge on any atom is -0.495 e. The maximum Gasteiger partial charge on any atom is 0.393 e. The molecule has 1 aliphatic rings. The van der Waals surface area contributed by atoms with Gasteiger partial charge in [0.1, 0.15) is 11.9 Å². The van der Waals surface area contributed by atoms with Crippen LogP contribution >= 0.6 is 11.3 Å². The number of hydrogen-bond acceptors (Lipinski definition) is 8. The lowest BCUT2D eigenvalue weighted by atomic mass is 10.0. The number of thiophene rings is 1. The predicted octanol–water partition coefficient (Wildman–Crippen LogP) is 4.67. The number of aliphatic hydroxyl groups excluding tert-OH is 1. The molecule has 3 aromatic rings. The second kappa shape index (κ2) is 14.9. The monoisotopic (exact) mass is 636 g/mol. The fourth-order valence-electron chi connectivity index (χ4n) is 4.99. The first-order chi connectivity index (χ1) is 21.0. The van der Waals surface area contributed by atoms with E-state index < -0.39 is 36.8 Å². The standard InChI is InChI=1S/C31H36F4N4O4S/c1-39-13-11-24(23(32)17-39)38-26-7-4-6-21-22(15-31(33,34)35)28(44-29(21)26)8-5-12-36-25-10-9-19(14-27(25)43-3)30(41)37-16-20(40)18-42-2/h4,6-7,9-10,14,20,23-24,36,38,40H,11-13,15-18H2,1-3H3,(H,37,41). The number of benzene rings is 2. The van der Waals surface area contributed by atoms with Crippen LogP contribution < -0.4 is 20.7 Å². The van der Waals surface area contributed by atoms with E-state index in [0.717, 1.165) is 17.9 Å². The van der Waals surface area contributed by atoms with Crippen LogP contribution in [0, 0.1) is 11.8 Å². The lowest BCUT2D eigenvalue weighted by Crippen LogP contribution is -2.46. The average molecular weight is 637 g/mol. The van der Waals surface area contributed by atoms with Crippen molar-refractivity contribution in [3.63, 3.8) is 0 Å². The molecule has 0 aliphatic carbocycles. The Labute approximate surface area is 257 Å². The Balaban J connectivity index is 1.51. The molecule has 1 aliphatic heterocycles. The summed E-state index contributed by atoms with van der Waals surface area (Å²) in [6.45, 7) is 1.21. The molecule has 4 rings (SSSR count). The molecule has 3 atom stereocenters. The van der Waals surface area contributed by atoms with Crippen LogP contribution in [0.3, 0.4) is 0 Å². The maximum absolute atomic E-state index is 14.7. The minimum atomic E-state index is -4.44. The van der Waals surface area contributed by atoms with Gasteiger partial charge in [0, 0.05) is 32.3 Å². The molecule has 0 bridgehead atoms. The van der Waals surface area contributed by atoms with Crippen molar-refractivity contribution >= 4 is 38.7 Å². The quantitative estimate of drug-likeness (QED) is 0.180. The lowest BCUT2D eigenvalue weighted by molar-refractivity contribution is -0.126. The number of rotatable bonds is 11. The van der Waals surface area contributed by atoms with Gasteiger partial charge in [0.15, 0.2) is 0 Å². The highest BCUT2D eigenvalue weighted by Crippen LogP contribution is 2.39. The van der Waals surface area contributed by atoms with Crippen LogP contribution in [0.5, 0.6) is 5.75 Å². The number of nitrogens with zero attached hydrogens (tertiary/aromatic N) is 1. The van der Waals surface area contributed by atoms with Crippen LogP contribution in [0.15, 0.2) is 36.4 Å². The second-order valence-corrected chi connectivity index (χ2v) is 11.6. The summed E-state index contributed by atoms with van der Waals surface area (Å²) in [6, 6.07) is 9.39. The summed E-state index contributed by atoms with van der Waals surface area (Å²) in [5, 5.41) is 19.1. The highest BCUT2D eigenvalue weighted by molar-refractivity contribution is 7.20. The molecule has 1 fully saturated rings. The Bertz CT molecular complexity index is 1500. The summed E-state index contributed by atoms with van der Waals surface area (Å²) in [4.78, 5) is 14.7. The van der Waals surface area contributed by atoms with Gasteiger partial charge in [-0.2, -0.15) is 13.2 Å². The van der Waals surface area contributed by atoms with E-state index in [0.29, 0.717) is 50.6 Å². The van der Waals surface area contributed by atoms with E-state index in [1.165, 1.54) is 20.3 Å². The van der Waals surface area contributed by atoms with E-state index in [9.17, 15) is 27.5 Å². The fourth-order valence-corrected chi connectivity index (χ4v) is 6.16. The van der Waals surface area contributed by atoms with Gasteiger partial charge in [0.2, 0.25) is 0 Å². The SMILES string of the molecule is COCC(O)CNC(=O)c1ccc(NCC#Cc2sc3c(NC4CCN(C)CC4F)cccc3c2CC(F)(F)F)c(OC)c1. The number of amides is 1. The number of likely N-dealkylation sites (tertiary alicyclic amines) is 1. The number of fused-ring (bicyclic) bond motifs is 1. The molecule has 8 nitrogen and oxygen atoms in total.